The number of amides is 1. The Morgan fingerprint density at radius 3 is 1.89 bits per heavy atom. The first-order valence-electron chi connectivity index (χ1n) is 9.06. The maximum atomic E-state index is 13.1. The van der Waals surface area contributed by atoms with Crippen LogP contribution in [0, 0.1) is 0 Å². The topological polar surface area (TPSA) is 54.9 Å². The van der Waals surface area contributed by atoms with E-state index >= 15 is 0 Å². The molecular weight excluding hydrogens is 366 g/mol. The molecule has 0 saturated heterocycles. The molecule has 3 aromatic carbocycles. The molecule has 0 unspecified atom stereocenters. The number of hydrogen-bond acceptors (Lipinski definition) is 4. The Morgan fingerprint density at radius 1 is 0.786 bits per heavy atom. The van der Waals surface area contributed by atoms with E-state index in [1.165, 1.54) is 16.9 Å². The second-order valence-corrected chi connectivity index (χ2v) is 7.47. The molecule has 1 N–H and O–H groups in total. The molecule has 1 heterocycles. The second-order valence-electron chi connectivity index (χ2n) is 6.41. The van der Waals surface area contributed by atoms with Gasteiger partial charge in [0, 0.05) is 6.42 Å². The highest BCUT2D eigenvalue weighted by molar-refractivity contribution is 7.15. The lowest BCUT2D eigenvalue weighted by atomic mass is 9.90. The summed E-state index contributed by atoms with van der Waals surface area (Å²) >= 11 is 1.41. The Hall–Kier alpha value is -3.31. The van der Waals surface area contributed by atoms with Crippen molar-refractivity contribution >= 4 is 22.4 Å². The zero-order valence-electron chi connectivity index (χ0n) is 15.2. The summed E-state index contributed by atoms with van der Waals surface area (Å²) < 4.78 is 0. The van der Waals surface area contributed by atoms with Crippen LogP contribution in [0.2, 0.25) is 0 Å². The predicted octanol–water partition coefficient (Wildman–Crippen LogP) is 4.90. The van der Waals surface area contributed by atoms with E-state index in [1.54, 1.807) is 0 Å². The van der Waals surface area contributed by atoms with Crippen molar-refractivity contribution in [1.29, 1.82) is 0 Å². The van der Waals surface area contributed by atoms with E-state index in [0.717, 1.165) is 16.1 Å². The fraction of sp³-hybridized carbons (Fsp3) is 0.0870. The molecule has 0 radical (unpaired) electrons. The summed E-state index contributed by atoms with van der Waals surface area (Å²) in [4.78, 5) is 13.1. The molecule has 28 heavy (non-hydrogen) atoms. The molecular formula is C23H19N3OS. The average molecular weight is 385 g/mol. The highest BCUT2D eigenvalue weighted by Crippen LogP contribution is 2.27. The number of benzene rings is 3. The molecule has 4 aromatic rings. The second kappa shape index (κ2) is 8.59. The van der Waals surface area contributed by atoms with E-state index in [-0.39, 0.29) is 5.91 Å². The van der Waals surface area contributed by atoms with Gasteiger partial charge in [0.05, 0.1) is 5.92 Å². The molecule has 0 aliphatic carbocycles. The van der Waals surface area contributed by atoms with E-state index in [0.29, 0.717) is 11.6 Å². The first-order valence-corrected chi connectivity index (χ1v) is 9.88. The van der Waals surface area contributed by atoms with Crippen molar-refractivity contribution in [2.45, 2.75) is 12.3 Å². The van der Waals surface area contributed by atoms with Crippen LogP contribution in [-0.2, 0) is 11.2 Å². The van der Waals surface area contributed by atoms with Crippen molar-refractivity contribution in [3.63, 3.8) is 0 Å². The summed E-state index contributed by atoms with van der Waals surface area (Å²) in [6.07, 6.45) is 0.704. The first kappa shape index (κ1) is 18.1. The van der Waals surface area contributed by atoms with Crippen molar-refractivity contribution in [3.05, 3.63) is 113 Å². The van der Waals surface area contributed by atoms with E-state index in [2.05, 4.69) is 27.6 Å². The van der Waals surface area contributed by atoms with Gasteiger partial charge in [-0.1, -0.05) is 102 Å². The Morgan fingerprint density at radius 2 is 1.32 bits per heavy atom. The van der Waals surface area contributed by atoms with Crippen molar-refractivity contribution in [1.82, 2.24) is 10.2 Å². The molecule has 0 spiro atoms. The van der Waals surface area contributed by atoms with Crippen molar-refractivity contribution in [2.75, 3.05) is 5.32 Å². The third-order valence-corrected chi connectivity index (χ3v) is 5.26. The number of hydrogen-bond donors (Lipinski definition) is 1. The van der Waals surface area contributed by atoms with Crippen LogP contribution in [0.25, 0.3) is 0 Å². The fourth-order valence-corrected chi connectivity index (χ4v) is 3.89. The SMILES string of the molecule is O=C(Nc1nnc(Cc2ccccc2)s1)C(c1ccccc1)c1ccccc1. The minimum atomic E-state index is -0.399. The molecule has 1 aromatic heterocycles. The molecule has 5 heteroatoms. The number of nitrogens with one attached hydrogen (secondary N) is 1. The lowest BCUT2D eigenvalue weighted by molar-refractivity contribution is -0.116. The summed E-state index contributed by atoms with van der Waals surface area (Å²) in [6.45, 7) is 0. The molecule has 1 amide bonds. The van der Waals surface area contributed by atoms with Gasteiger partial charge in [0.15, 0.2) is 0 Å². The van der Waals surface area contributed by atoms with Crippen molar-refractivity contribution in [2.24, 2.45) is 0 Å². The number of carbonyl (C=O) groups excluding carboxylic acids is 1. The van der Waals surface area contributed by atoms with Crippen LogP contribution in [0.4, 0.5) is 5.13 Å². The molecule has 0 saturated carbocycles. The summed E-state index contributed by atoms with van der Waals surface area (Å²) in [6, 6.07) is 29.7. The highest BCUT2D eigenvalue weighted by Gasteiger charge is 2.23. The van der Waals surface area contributed by atoms with Gasteiger partial charge in [-0.3, -0.25) is 10.1 Å². The van der Waals surface area contributed by atoms with Gasteiger partial charge in [-0.25, -0.2) is 0 Å². The van der Waals surface area contributed by atoms with Gasteiger partial charge < -0.3 is 0 Å². The van der Waals surface area contributed by atoms with Crippen LogP contribution in [-0.4, -0.2) is 16.1 Å². The predicted molar refractivity (Wildman–Crippen MR) is 113 cm³/mol. The van der Waals surface area contributed by atoms with Crippen molar-refractivity contribution < 1.29 is 4.79 Å². The van der Waals surface area contributed by atoms with Gasteiger partial charge in [0.1, 0.15) is 5.01 Å². The number of nitrogens with zero attached hydrogens (tertiary/aromatic N) is 2. The molecule has 4 rings (SSSR count). The van der Waals surface area contributed by atoms with Gasteiger partial charge in [0.25, 0.3) is 0 Å². The van der Waals surface area contributed by atoms with Crippen LogP contribution in [0.3, 0.4) is 0 Å². The van der Waals surface area contributed by atoms with Crippen LogP contribution in [0.5, 0.6) is 0 Å². The van der Waals surface area contributed by atoms with Crippen LogP contribution in [0.1, 0.15) is 27.6 Å². The lowest BCUT2D eigenvalue weighted by Crippen LogP contribution is -2.22. The third kappa shape index (κ3) is 4.32. The third-order valence-electron chi connectivity index (χ3n) is 4.42. The van der Waals surface area contributed by atoms with Crippen LogP contribution in [0.15, 0.2) is 91.0 Å². The van der Waals surface area contributed by atoms with Gasteiger partial charge in [0.2, 0.25) is 11.0 Å². The minimum Gasteiger partial charge on any atom is -0.300 e. The first-order chi connectivity index (χ1) is 13.8. The average Bonchev–Trinajstić information content (AvgIpc) is 3.17. The van der Waals surface area contributed by atoms with E-state index in [1.807, 2.05) is 78.9 Å². The standard InChI is InChI=1S/C23H19N3OS/c27-22(21(18-12-6-2-7-13-18)19-14-8-3-9-15-19)24-23-26-25-20(28-23)16-17-10-4-1-5-11-17/h1-15,21H,16H2,(H,24,26,27). The Balaban J connectivity index is 1.54. The van der Waals surface area contributed by atoms with Gasteiger partial charge >= 0.3 is 0 Å². The normalized spacial score (nSPS) is 10.8. The van der Waals surface area contributed by atoms with Gasteiger partial charge in [-0.2, -0.15) is 0 Å². The maximum absolute atomic E-state index is 13.1. The molecule has 0 atom stereocenters. The molecule has 4 nitrogen and oxygen atoms in total. The van der Waals surface area contributed by atoms with Gasteiger partial charge in [-0.05, 0) is 16.7 Å². The Kier molecular flexibility index (Phi) is 5.54. The Bertz CT molecular complexity index is 994. The highest BCUT2D eigenvalue weighted by atomic mass is 32.1. The molecule has 0 bridgehead atoms. The van der Waals surface area contributed by atoms with E-state index < -0.39 is 5.92 Å². The summed E-state index contributed by atoms with van der Waals surface area (Å²) in [5, 5.41) is 12.7. The number of rotatable bonds is 6. The largest absolute Gasteiger partial charge is 0.300 e. The van der Waals surface area contributed by atoms with Gasteiger partial charge in [-0.15, -0.1) is 10.2 Å². The van der Waals surface area contributed by atoms with Crippen molar-refractivity contribution in [3.8, 4) is 0 Å². The lowest BCUT2D eigenvalue weighted by Gasteiger charge is -2.16. The monoisotopic (exact) mass is 385 g/mol. The Labute approximate surface area is 167 Å². The maximum Gasteiger partial charge on any atom is 0.238 e. The number of anilines is 1. The molecule has 0 aliphatic rings. The van der Waals surface area contributed by atoms with Crippen LogP contribution < -0.4 is 5.32 Å². The van der Waals surface area contributed by atoms with Crippen LogP contribution >= 0.6 is 11.3 Å². The fourth-order valence-electron chi connectivity index (χ4n) is 3.11. The number of aromatic nitrogens is 2. The number of carbonyl (C=O) groups is 1. The summed E-state index contributed by atoms with van der Waals surface area (Å²) in [5.41, 5.74) is 3.06. The zero-order chi connectivity index (χ0) is 19.2. The quantitative estimate of drug-likeness (QED) is 0.514. The van der Waals surface area contributed by atoms with E-state index in [9.17, 15) is 4.79 Å². The minimum absolute atomic E-state index is 0.111. The molecule has 0 aliphatic heterocycles. The smallest absolute Gasteiger partial charge is 0.238 e. The summed E-state index contributed by atoms with van der Waals surface area (Å²) in [5.74, 6) is -0.510. The molecule has 0 fully saturated rings. The molecule has 138 valence electrons. The zero-order valence-corrected chi connectivity index (χ0v) is 16.0. The summed E-state index contributed by atoms with van der Waals surface area (Å²) in [7, 11) is 0. The van der Waals surface area contributed by atoms with E-state index in [4.69, 9.17) is 0 Å².